The van der Waals surface area contributed by atoms with Crippen LogP contribution >= 0.6 is 0 Å². The van der Waals surface area contributed by atoms with E-state index in [1.54, 1.807) is 0 Å². The van der Waals surface area contributed by atoms with Crippen LogP contribution in [0.25, 0.3) is 0 Å². The molecule has 0 saturated heterocycles. The zero-order valence-electron chi connectivity index (χ0n) is 42.2. The number of ether oxygens (including phenoxy) is 3. The summed E-state index contributed by atoms with van der Waals surface area (Å²) in [7, 11) is 5.52. The molecule has 2 unspecified atom stereocenters. The van der Waals surface area contributed by atoms with Crippen molar-refractivity contribution < 1.29 is 38.2 Å². The molecule has 0 aliphatic rings. The third kappa shape index (κ3) is 44.2. The summed E-state index contributed by atoms with van der Waals surface area (Å²) in [6.45, 7) is 4.59. The molecule has 0 heterocycles. The number of hydrogen-bond acceptors (Lipinski definition) is 6. The lowest BCUT2D eigenvalue weighted by Gasteiger charge is -2.31. The minimum Gasteiger partial charge on any atom is -0.477 e. The number of nitrogens with zero attached hydrogens (tertiary/aromatic N) is 1. The lowest BCUT2D eigenvalue weighted by atomic mass is 10.0. The van der Waals surface area contributed by atoms with Gasteiger partial charge in [-0.15, -0.1) is 0 Å². The number of likely N-dealkylation sites (N-methyl/N-ethyl adjacent to an activating group) is 1. The van der Waals surface area contributed by atoms with Gasteiger partial charge in [0, 0.05) is 19.3 Å². The molecule has 2 atom stereocenters. The van der Waals surface area contributed by atoms with Gasteiger partial charge < -0.3 is 23.8 Å². The average molecular weight is 899 g/mol. The Hall–Kier alpha value is -2.97. The molecule has 0 aromatic carbocycles. The quantitative estimate of drug-likeness (QED) is 0.0281. The zero-order valence-corrected chi connectivity index (χ0v) is 42.2. The molecule has 0 aliphatic heterocycles. The van der Waals surface area contributed by atoms with Crippen LogP contribution in [0, 0.1) is 0 Å². The van der Waals surface area contributed by atoms with Crippen LogP contribution in [0.15, 0.2) is 60.8 Å². The summed E-state index contributed by atoms with van der Waals surface area (Å²) >= 11 is 0. The van der Waals surface area contributed by atoms with Crippen molar-refractivity contribution in [2.75, 3.05) is 41.0 Å². The third-order valence-corrected chi connectivity index (χ3v) is 11.7. The molecule has 0 spiro atoms. The van der Waals surface area contributed by atoms with Crippen molar-refractivity contribution in [3.63, 3.8) is 0 Å². The van der Waals surface area contributed by atoms with Crippen LogP contribution in [-0.2, 0) is 28.6 Å². The van der Waals surface area contributed by atoms with Crippen molar-refractivity contribution in [2.24, 2.45) is 0 Å². The maximum absolute atomic E-state index is 12.8. The van der Waals surface area contributed by atoms with Crippen LogP contribution in [0.4, 0.5) is 0 Å². The van der Waals surface area contributed by atoms with E-state index < -0.39 is 18.1 Å². The van der Waals surface area contributed by atoms with E-state index in [9.17, 15) is 19.5 Å². The topological polar surface area (TPSA) is 99.1 Å². The van der Waals surface area contributed by atoms with Crippen LogP contribution in [-0.4, -0.2) is 80.6 Å². The highest BCUT2D eigenvalue weighted by Crippen LogP contribution is 2.16. The van der Waals surface area contributed by atoms with Crippen LogP contribution < -0.4 is 0 Å². The van der Waals surface area contributed by atoms with Crippen LogP contribution in [0.3, 0.4) is 0 Å². The van der Waals surface area contributed by atoms with E-state index in [1.807, 2.05) is 21.1 Å². The van der Waals surface area contributed by atoms with Crippen molar-refractivity contribution >= 4 is 17.9 Å². The monoisotopic (exact) mass is 899 g/mol. The van der Waals surface area contributed by atoms with Gasteiger partial charge in [-0.3, -0.25) is 9.59 Å². The minimum absolute atomic E-state index is 0.0384. The van der Waals surface area contributed by atoms with Gasteiger partial charge in [0.15, 0.2) is 12.1 Å². The number of quaternary nitrogens is 1. The van der Waals surface area contributed by atoms with Gasteiger partial charge in [0.25, 0.3) is 0 Å². The van der Waals surface area contributed by atoms with Gasteiger partial charge in [-0.1, -0.05) is 216 Å². The Labute approximate surface area is 394 Å². The van der Waals surface area contributed by atoms with Gasteiger partial charge in [-0.05, 0) is 51.4 Å². The number of aliphatic carboxylic acids is 1. The van der Waals surface area contributed by atoms with E-state index in [1.165, 1.54) is 128 Å². The first kappa shape index (κ1) is 61.0. The van der Waals surface area contributed by atoms with E-state index in [-0.39, 0.29) is 42.7 Å². The van der Waals surface area contributed by atoms with Crippen molar-refractivity contribution in [1.82, 2.24) is 0 Å². The Kier molecular flexibility index (Phi) is 44.4. The van der Waals surface area contributed by atoms with E-state index >= 15 is 0 Å². The number of carbonyl (C=O) groups is 3. The summed E-state index contributed by atoms with van der Waals surface area (Å²) in [6, 6.07) is -0.626. The molecule has 1 N–H and O–H groups in total. The molecule has 8 heteroatoms. The fourth-order valence-electron chi connectivity index (χ4n) is 7.66. The van der Waals surface area contributed by atoms with E-state index in [4.69, 9.17) is 14.2 Å². The Morgan fingerprint density at radius 2 is 0.875 bits per heavy atom. The summed E-state index contributed by atoms with van der Waals surface area (Å²) < 4.78 is 17.3. The van der Waals surface area contributed by atoms with Gasteiger partial charge in [0.05, 0.1) is 34.4 Å². The summed E-state index contributed by atoms with van der Waals surface area (Å²) in [4.78, 5) is 37.1. The molecule has 0 fully saturated rings. The van der Waals surface area contributed by atoms with E-state index in [2.05, 4.69) is 74.6 Å². The summed E-state index contributed by atoms with van der Waals surface area (Å²) in [6.07, 6.45) is 58.6. The lowest BCUT2D eigenvalue weighted by Crippen LogP contribution is -2.50. The summed E-state index contributed by atoms with van der Waals surface area (Å²) in [5.74, 6) is -1.54. The maximum atomic E-state index is 12.8. The van der Waals surface area contributed by atoms with Crippen molar-refractivity contribution in [3.8, 4) is 0 Å². The van der Waals surface area contributed by atoms with E-state index in [0.717, 1.165) is 57.8 Å². The number of carbonyl (C=O) groups excluding carboxylic acids is 2. The number of rotatable bonds is 47. The molecule has 0 rings (SSSR count). The van der Waals surface area contributed by atoms with Crippen molar-refractivity contribution in [3.05, 3.63) is 60.8 Å². The smallest absolute Gasteiger partial charge is 0.362 e. The van der Waals surface area contributed by atoms with Crippen LogP contribution in [0.5, 0.6) is 0 Å². The first-order valence-electron chi connectivity index (χ1n) is 26.3. The van der Waals surface area contributed by atoms with Gasteiger partial charge in [-0.2, -0.15) is 0 Å². The van der Waals surface area contributed by atoms with Gasteiger partial charge in [0.1, 0.15) is 6.61 Å². The molecule has 0 aromatic heterocycles. The second kappa shape index (κ2) is 46.6. The molecule has 8 nitrogen and oxygen atoms in total. The highest BCUT2D eigenvalue weighted by Gasteiger charge is 2.31. The number of allylic oxidation sites excluding steroid dienone is 10. The molecule has 0 bridgehead atoms. The average Bonchev–Trinajstić information content (AvgIpc) is 3.26. The molecule has 0 saturated carbocycles. The molecular weight excluding hydrogens is 799 g/mol. The Morgan fingerprint density at radius 3 is 1.28 bits per heavy atom. The Morgan fingerprint density at radius 1 is 0.484 bits per heavy atom. The summed E-state index contributed by atoms with van der Waals surface area (Å²) in [5, 5.41) is 9.65. The predicted molar refractivity (Wildman–Crippen MR) is 271 cm³/mol. The first-order valence-corrected chi connectivity index (χ1v) is 26.3. The van der Waals surface area contributed by atoms with Gasteiger partial charge in [-0.25, -0.2) is 4.79 Å². The normalized spacial score (nSPS) is 13.3. The molecule has 370 valence electrons. The molecule has 0 amide bonds. The number of unbranched alkanes of at least 4 members (excludes halogenated alkanes) is 23. The number of esters is 2. The zero-order chi connectivity index (χ0) is 47.0. The van der Waals surface area contributed by atoms with Crippen LogP contribution in [0.2, 0.25) is 0 Å². The molecule has 0 radical (unpaired) electrons. The van der Waals surface area contributed by atoms with Gasteiger partial charge in [0.2, 0.25) is 0 Å². The lowest BCUT2D eigenvalue weighted by molar-refractivity contribution is -0.887. The fraction of sp³-hybridized carbons (Fsp3) is 0.768. The highest BCUT2D eigenvalue weighted by atomic mass is 16.6. The first-order chi connectivity index (χ1) is 31.1. The fourth-order valence-corrected chi connectivity index (χ4v) is 7.66. The van der Waals surface area contributed by atoms with Crippen molar-refractivity contribution in [1.29, 1.82) is 0 Å². The molecule has 0 aliphatic carbocycles. The second-order valence-electron chi connectivity index (χ2n) is 18.8. The largest absolute Gasteiger partial charge is 0.477 e. The molecule has 0 aromatic rings. The Balaban J connectivity index is 4.24. The number of carboxylic acid groups (broad SMARTS) is 1. The van der Waals surface area contributed by atoms with Gasteiger partial charge >= 0.3 is 17.9 Å². The maximum Gasteiger partial charge on any atom is 0.362 e. The van der Waals surface area contributed by atoms with E-state index in [0.29, 0.717) is 19.3 Å². The molecule has 64 heavy (non-hydrogen) atoms. The second-order valence-corrected chi connectivity index (χ2v) is 18.8. The Bertz CT molecular complexity index is 1230. The minimum atomic E-state index is -0.883. The highest BCUT2D eigenvalue weighted by molar-refractivity contribution is 5.72. The molecular formula is C56H100NO7+. The summed E-state index contributed by atoms with van der Waals surface area (Å²) in [5.41, 5.74) is 0. The predicted octanol–water partition coefficient (Wildman–Crippen LogP) is 15.3. The number of carboxylic acids is 1. The van der Waals surface area contributed by atoms with Crippen LogP contribution in [0.1, 0.15) is 226 Å². The third-order valence-electron chi connectivity index (χ3n) is 11.7. The standard InChI is InChI=1S/C56H99NO7/c1-6-8-10-12-14-16-18-20-22-24-25-26-27-28-29-31-32-34-36-38-40-42-44-46-54(58)63-51-52(50-62-49-48-53(56(60)61)57(3,4)5)64-55(59)47-45-43-41-39-37-35-33-30-23-21-19-17-15-13-11-9-7-2/h9,11,15,17,21,23,33,35,39,41,52-53H,6-8,10,12-14,16,18-20,22,24-32,34,36-38,40,42-51H2,1-5H3/p+1/b11-9+,17-15+,23-21+,35-33+,41-39+. The number of hydrogen-bond donors (Lipinski definition) is 1. The van der Waals surface area contributed by atoms with Crippen molar-refractivity contribution in [2.45, 2.75) is 238 Å². The SMILES string of the molecule is CC/C=C/C/C=C/C/C=C/C/C=C/C/C=C/CCCC(=O)OC(COCCC(C(=O)O)[N+](C)(C)C)COC(=O)CCCCCCCCCCCCCCCCCCCCCCCCC.